The number of hydrogen-bond acceptors (Lipinski definition) is 6. The Labute approximate surface area is 234 Å². The van der Waals surface area contributed by atoms with Gasteiger partial charge in [0.2, 0.25) is 0 Å². The molecule has 1 fully saturated rings. The highest BCUT2D eigenvalue weighted by atomic mass is 16.7. The Kier molecular flexibility index (Phi) is 7.33. The van der Waals surface area contributed by atoms with Gasteiger partial charge in [-0.25, -0.2) is 9.59 Å². The number of aromatic nitrogens is 2. The standard InChI is InChI=1S/C30H34BN3O6/c1-19(27(35)36)34-17-20(15-33-34)14-21(31-39-29(2,3)30(4,5)40-31)16-32-28(37)38-18-26-24-12-8-6-10-22(24)23-11-7-9-13-25(23)26/h6-15,17,19,26H,16,18H2,1-5H3,(H,32,37)(H,35,36)/t19-/m0/s1. The second-order valence-corrected chi connectivity index (χ2v) is 11.3. The molecule has 2 aromatic carbocycles. The summed E-state index contributed by atoms with van der Waals surface area (Å²) in [4.78, 5) is 24.3. The first-order valence-corrected chi connectivity index (χ1v) is 13.4. The SMILES string of the molecule is C[C@@H](C(=O)O)n1cc(C=C(CNC(=O)OCC2c3ccccc3-c3ccccc32)B2OC(C)(C)C(C)(C)O2)cn1. The van der Waals surface area contributed by atoms with Crippen LogP contribution in [-0.4, -0.2) is 58.4 Å². The Bertz CT molecular complexity index is 1400. The summed E-state index contributed by atoms with van der Waals surface area (Å²) >= 11 is 0. The number of rotatable bonds is 8. The van der Waals surface area contributed by atoms with Crippen LogP contribution < -0.4 is 5.32 Å². The number of alkyl carbamates (subject to hydrolysis) is 1. The van der Waals surface area contributed by atoms with E-state index in [1.165, 1.54) is 4.68 Å². The molecule has 1 aliphatic carbocycles. The van der Waals surface area contributed by atoms with Gasteiger partial charge in [-0.3, -0.25) is 4.68 Å². The lowest BCUT2D eigenvalue weighted by Gasteiger charge is -2.32. The number of carbonyl (C=O) groups excluding carboxylic acids is 1. The van der Waals surface area contributed by atoms with Crippen LogP contribution in [0.4, 0.5) is 4.79 Å². The third-order valence-corrected chi connectivity index (χ3v) is 8.06. The Morgan fingerprint density at radius 3 is 2.23 bits per heavy atom. The number of amides is 1. The Hall–Kier alpha value is -3.89. The molecule has 0 spiro atoms. The van der Waals surface area contributed by atoms with E-state index in [0.717, 1.165) is 22.3 Å². The van der Waals surface area contributed by atoms with E-state index in [9.17, 15) is 14.7 Å². The van der Waals surface area contributed by atoms with Gasteiger partial charge >= 0.3 is 19.2 Å². The smallest absolute Gasteiger partial charge is 0.480 e. The zero-order valence-corrected chi connectivity index (χ0v) is 23.4. The van der Waals surface area contributed by atoms with Crippen molar-refractivity contribution in [1.29, 1.82) is 0 Å². The molecule has 2 aliphatic rings. The molecular weight excluding hydrogens is 509 g/mol. The summed E-state index contributed by atoms with van der Waals surface area (Å²) in [6, 6.07) is 15.5. The summed E-state index contributed by atoms with van der Waals surface area (Å²) < 4.78 is 19.6. The number of nitrogens with one attached hydrogen (secondary N) is 1. The minimum Gasteiger partial charge on any atom is -0.480 e. The average Bonchev–Trinajstić information content (AvgIpc) is 3.57. The first-order valence-electron chi connectivity index (χ1n) is 13.4. The van der Waals surface area contributed by atoms with Crippen LogP contribution in [-0.2, 0) is 18.8 Å². The maximum atomic E-state index is 12.9. The number of ether oxygens (including phenoxy) is 1. The predicted octanol–water partition coefficient (Wildman–Crippen LogP) is 5.08. The van der Waals surface area contributed by atoms with Crippen molar-refractivity contribution in [2.24, 2.45) is 0 Å². The van der Waals surface area contributed by atoms with Gasteiger partial charge in [0.25, 0.3) is 0 Å². The molecule has 5 rings (SSSR count). The first kappa shape index (κ1) is 27.7. The lowest BCUT2D eigenvalue weighted by atomic mass is 9.77. The van der Waals surface area contributed by atoms with E-state index >= 15 is 0 Å². The number of nitrogens with zero attached hydrogens (tertiary/aromatic N) is 2. The van der Waals surface area contributed by atoms with Crippen molar-refractivity contribution < 1.29 is 28.7 Å². The second kappa shape index (κ2) is 10.6. The molecule has 3 aromatic rings. The quantitative estimate of drug-likeness (QED) is 0.381. The summed E-state index contributed by atoms with van der Waals surface area (Å²) in [6.45, 7) is 9.68. The number of hydrogen-bond donors (Lipinski definition) is 2. The highest BCUT2D eigenvalue weighted by Gasteiger charge is 2.52. The van der Waals surface area contributed by atoms with E-state index in [1.54, 1.807) is 25.4 Å². The maximum Gasteiger partial charge on any atom is 0.492 e. The molecular formula is C30H34BN3O6. The molecule has 1 aromatic heterocycles. The lowest BCUT2D eigenvalue weighted by Crippen LogP contribution is -2.41. The molecule has 0 radical (unpaired) electrons. The molecule has 0 unspecified atom stereocenters. The highest BCUT2D eigenvalue weighted by Crippen LogP contribution is 2.44. The van der Waals surface area contributed by atoms with Crippen LogP contribution in [0.1, 0.15) is 63.3 Å². The van der Waals surface area contributed by atoms with E-state index in [-0.39, 0.29) is 19.1 Å². The van der Waals surface area contributed by atoms with Crippen molar-refractivity contribution in [3.8, 4) is 11.1 Å². The molecule has 0 saturated carbocycles. The van der Waals surface area contributed by atoms with Crippen LogP contribution in [0.25, 0.3) is 17.2 Å². The normalized spacial score (nSPS) is 18.2. The van der Waals surface area contributed by atoms with Gasteiger partial charge in [-0.1, -0.05) is 54.6 Å². The van der Waals surface area contributed by atoms with Crippen LogP contribution >= 0.6 is 0 Å². The maximum absolute atomic E-state index is 12.9. The van der Waals surface area contributed by atoms with Gasteiger partial charge in [0.05, 0.1) is 17.4 Å². The highest BCUT2D eigenvalue weighted by molar-refractivity contribution is 6.56. The summed E-state index contributed by atoms with van der Waals surface area (Å²) in [5.74, 6) is -1.03. The van der Waals surface area contributed by atoms with Gasteiger partial charge in [0.1, 0.15) is 12.6 Å². The molecule has 10 heteroatoms. The number of aliphatic carboxylic acids is 1. The van der Waals surface area contributed by atoms with Gasteiger partial charge < -0.3 is 24.5 Å². The fraction of sp³-hybridized carbons (Fsp3) is 0.367. The molecule has 208 valence electrons. The summed E-state index contributed by atoms with van der Waals surface area (Å²) in [6.07, 6.45) is 4.44. The predicted molar refractivity (Wildman–Crippen MR) is 152 cm³/mol. The van der Waals surface area contributed by atoms with Gasteiger partial charge in [-0.05, 0) is 62.3 Å². The Balaban J connectivity index is 1.30. The van der Waals surface area contributed by atoms with Gasteiger partial charge in [-0.2, -0.15) is 5.10 Å². The molecule has 40 heavy (non-hydrogen) atoms. The zero-order valence-electron chi connectivity index (χ0n) is 23.4. The lowest BCUT2D eigenvalue weighted by molar-refractivity contribution is -0.140. The van der Waals surface area contributed by atoms with Crippen molar-refractivity contribution in [2.75, 3.05) is 13.2 Å². The largest absolute Gasteiger partial charge is 0.492 e. The molecule has 0 bridgehead atoms. The van der Waals surface area contributed by atoms with Crippen LogP contribution in [0.15, 0.2) is 66.4 Å². The first-order chi connectivity index (χ1) is 19.0. The molecule has 1 saturated heterocycles. The molecule has 1 aliphatic heterocycles. The van der Waals surface area contributed by atoms with Crippen molar-refractivity contribution in [3.05, 3.63) is 83.1 Å². The van der Waals surface area contributed by atoms with Crippen molar-refractivity contribution in [2.45, 2.75) is 57.8 Å². The number of carbonyl (C=O) groups is 2. The van der Waals surface area contributed by atoms with Gasteiger partial charge in [-0.15, -0.1) is 0 Å². The van der Waals surface area contributed by atoms with Crippen LogP contribution in [0.5, 0.6) is 0 Å². The van der Waals surface area contributed by atoms with E-state index in [0.29, 0.717) is 11.0 Å². The Morgan fingerprint density at radius 1 is 1.07 bits per heavy atom. The molecule has 9 nitrogen and oxygen atoms in total. The van der Waals surface area contributed by atoms with E-state index < -0.39 is 36.4 Å². The van der Waals surface area contributed by atoms with Crippen LogP contribution in [0.2, 0.25) is 0 Å². The van der Waals surface area contributed by atoms with Gasteiger partial charge in [0, 0.05) is 24.2 Å². The molecule has 1 amide bonds. The van der Waals surface area contributed by atoms with Crippen molar-refractivity contribution >= 4 is 25.3 Å². The number of carboxylic acid groups (broad SMARTS) is 1. The summed E-state index contributed by atoms with van der Waals surface area (Å²) in [5, 5.41) is 16.3. The summed E-state index contributed by atoms with van der Waals surface area (Å²) in [5.41, 5.74) is 4.75. The number of carboxylic acids is 1. The number of fused-ring (bicyclic) bond motifs is 3. The molecule has 2 heterocycles. The van der Waals surface area contributed by atoms with Crippen LogP contribution in [0.3, 0.4) is 0 Å². The average molecular weight is 543 g/mol. The minimum absolute atomic E-state index is 0.0432. The molecule has 2 N–H and O–H groups in total. The van der Waals surface area contributed by atoms with Gasteiger partial charge in [0.15, 0.2) is 0 Å². The topological polar surface area (TPSA) is 112 Å². The van der Waals surface area contributed by atoms with Crippen molar-refractivity contribution in [1.82, 2.24) is 15.1 Å². The Morgan fingerprint density at radius 2 is 1.65 bits per heavy atom. The fourth-order valence-electron chi connectivity index (χ4n) is 4.99. The minimum atomic E-state index is -0.985. The zero-order chi connectivity index (χ0) is 28.7. The second-order valence-electron chi connectivity index (χ2n) is 11.3. The fourth-order valence-corrected chi connectivity index (χ4v) is 4.99. The summed E-state index contributed by atoms with van der Waals surface area (Å²) in [7, 11) is -0.723. The third kappa shape index (κ3) is 5.29. The van der Waals surface area contributed by atoms with E-state index in [2.05, 4.69) is 34.7 Å². The monoisotopic (exact) mass is 543 g/mol. The third-order valence-electron chi connectivity index (χ3n) is 8.06. The van der Waals surface area contributed by atoms with E-state index in [4.69, 9.17) is 14.0 Å². The van der Waals surface area contributed by atoms with Crippen molar-refractivity contribution in [3.63, 3.8) is 0 Å². The van der Waals surface area contributed by atoms with Crippen LogP contribution in [0, 0.1) is 0 Å². The number of benzene rings is 2. The van der Waals surface area contributed by atoms with E-state index in [1.807, 2.05) is 52.0 Å². The molecule has 1 atom stereocenters.